The lowest BCUT2D eigenvalue weighted by atomic mass is 10.2. The van der Waals surface area contributed by atoms with Crippen molar-refractivity contribution in [2.24, 2.45) is 7.05 Å². The zero-order valence-corrected chi connectivity index (χ0v) is 12.6. The summed E-state index contributed by atoms with van der Waals surface area (Å²) in [6, 6.07) is 14.8. The summed E-state index contributed by atoms with van der Waals surface area (Å²) in [6.07, 6.45) is -0.491. The van der Waals surface area contributed by atoms with Crippen molar-refractivity contribution in [2.75, 3.05) is 0 Å². The fourth-order valence-electron chi connectivity index (χ4n) is 2.23. The molecule has 0 fully saturated rings. The SMILES string of the molecule is Cn1c(=O)oc2ccc(CNC(=O)OCc3ccccc3)cc21. The summed E-state index contributed by atoms with van der Waals surface area (Å²) in [7, 11) is 1.64. The Morgan fingerprint density at radius 1 is 1.17 bits per heavy atom. The second kappa shape index (κ2) is 6.39. The first kappa shape index (κ1) is 14.9. The lowest BCUT2D eigenvalue weighted by Gasteiger charge is -2.07. The predicted molar refractivity (Wildman–Crippen MR) is 84.9 cm³/mol. The van der Waals surface area contributed by atoms with Gasteiger partial charge in [-0.1, -0.05) is 36.4 Å². The molecule has 1 heterocycles. The van der Waals surface area contributed by atoms with Crippen LogP contribution in [0.15, 0.2) is 57.7 Å². The topological polar surface area (TPSA) is 73.5 Å². The number of alkyl carbamates (subject to hydrolysis) is 1. The number of aromatic nitrogens is 1. The molecule has 0 atom stereocenters. The third-order valence-corrected chi connectivity index (χ3v) is 3.51. The number of benzene rings is 2. The molecule has 0 spiro atoms. The number of oxazole rings is 1. The van der Waals surface area contributed by atoms with Crippen molar-refractivity contribution in [3.8, 4) is 0 Å². The Labute approximate surface area is 132 Å². The van der Waals surface area contributed by atoms with E-state index in [1.54, 1.807) is 25.2 Å². The molecule has 0 unspecified atom stereocenters. The van der Waals surface area contributed by atoms with Gasteiger partial charge in [-0.05, 0) is 23.3 Å². The zero-order chi connectivity index (χ0) is 16.2. The maximum absolute atomic E-state index is 11.7. The second-order valence-electron chi connectivity index (χ2n) is 5.14. The molecular weight excluding hydrogens is 296 g/mol. The van der Waals surface area contributed by atoms with Gasteiger partial charge in [0, 0.05) is 13.6 Å². The molecule has 0 aliphatic rings. The molecule has 0 bridgehead atoms. The maximum Gasteiger partial charge on any atom is 0.419 e. The summed E-state index contributed by atoms with van der Waals surface area (Å²) < 4.78 is 11.6. The van der Waals surface area contributed by atoms with Gasteiger partial charge in [0.2, 0.25) is 0 Å². The van der Waals surface area contributed by atoms with Crippen molar-refractivity contribution in [1.29, 1.82) is 0 Å². The first-order valence-corrected chi connectivity index (χ1v) is 7.16. The van der Waals surface area contributed by atoms with Crippen LogP contribution in [0.4, 0.5) is 4.79 Å². The second-order valence-corrected chi connectivity index (χ2v) is 5.14. The Balaban J connectivity index is 1.58. The van der Waals surface area contributed by atoms with Gasteiger partial charge in [0.25, 0.3) is 0 Å². The number of hydrogen-bond donors (Lipinski definition) is 1. The lowest BCUT2D eigenvalue weighted by Crippen LogP contribution is -2.23. The van der Waals surface area contributed by atoms with Gasteiger partial charge in [0.15, 0.2) is 5.58 Å². The Kier molecular flexibility index (Phi) is 4.14. The quantitative estimate of drug-likeness (QED) is 0.803. The largest absolute Gasteiger partial charge is 0.445 e. The summed E-state index contributed by atoms with van der Waals surface area (Å²) in [5, 5.41) is 2.68. The molecule has 0 saturated heterocycles. The van der Waals surface area contributed by atoms with Gasteiger partial charge >= 0.3 is 11.8 Å². The molecule has 1 aromatic heterocycles. The summed E-state index contributed by atoms with van der Waals surface area (Å²) in [5.41, 5.74) is 2.99. The highest BCUT2D eigenvalue weighted by atomic mass is 16.5. The zero-order valence-electron chi connectivity index (χ0n) is 12.6. The molecule has 0 saturated carbocycles. The van der Waals surface area contributed by atoms with Crippen molar-refractivity contribution in [1.82, 2.24) is 9.88 Å². The van der Waals surface area contributed by atoms with E-state index in [1.165, 1.54) is 4.57 Å². The van der Waals surface area contributed by atoms with Crippen LogP contribution in [-0.2, 0) is 24.9 Å². The average molecular weight is 312 g/mol. The van der Waals surface area contributed by atoms with E-state index in [9.17, 15) is 9.59 Å². The van der Waals surface area contributed by atoms with Crippen LogP contribution >= 0.6 is 0 Å². The van der Waals surface area contributed by atoms with Crippen LogP contribution in [-0.4, -0.2) is 10.7 Å². The van der Waals surface area contributed by atoms with Gasteiger partial charge < -0.3 is 14.5 Å². The van der Waals surface area contributed by atoms with Gasteiger partial charge in [-0.3, -0.25) is 4.57 Å². The minimum absolute atomic E-state index is 0.224. The number of carbonyl (C=O) groups excluding carboxylic acids is 1. The molecule has 2 aromatic carbocycles. The third kappa shape index (κ3) is 3.42. The average Bonchev–Trinajstić information content (AvgIpc) is 2.86. The molecule has 0 radical (unpaired) electrons. The van der Waals surface area contributed by atoms with E-state index in [2.05, 4.69) is 5.32 Å². The van der Waals surface area contributed by atoms with Crippen molar-refractivity contribution >= 4 is 17.2 Å². The summed E-state index contributed by atoms with van der Waals surface area (Å²) >= 11 is 0. The smallest absolute Gasteiger partial charge is 0.419 e. The number of amides is 1. The van der Waals surface area contributed by atoms with Gasteiger partial charge in [-0.25, -0.2) is 9.59 Å². The Hall–Kier alpha value is -3.02. The standard InChI is InChI=1S/C17H16N2O4/c1-19-14-9-13(7-8-15(14)23-17(19)21)10-18-16(20)22-11-12-5-3-2-4-6-12/h2-9H,10-11H2,1H3,(H,18,20). The van der Waals surface area contributed by atoms with Crippen LogP contribution in [0.5, 0.6) is 0 Å². The summed E-state index contributed by atoms with van der Waals surface area (Å²) in [6.45, 7) is 0.533. The highest BCUT2D eigenvalue weighted by Crippen LogP contribution is 2.14. The van der Waals surface area contributed by atoms with Gasteiger partial charge in [-0.2, -0.15) is 0 Å². The van der Waals surface area contributed by atoms with Crippen molar-refractivity contribution in [3.05, 3.63) is 70.2 Å². The number of ether oxygens (including phenoxy) is 1. The fraction of sp³-hybridized carbons (Fsp3) is 0.176. The number of rotatable bonds is 4. The van der Waals surface area contributed by atoms with E-state index in [-0.39, 0.29) is 6.61 Å². The Morgan fingerprint density at radius 2 is 1.96 bits per heavy atom. The molecule has 0 aliphatic carbocycles. The van der Waals surface area contributed by atoms with E-state index in [4.69, 9.17) is 9.15 Å². The maximum atomic E-state index is 11.7. The molecule has 6 heteroatoms. The molecule has 23 heavy (non-hydrogen) atoms. The number of fused-ring (bicyclic) bond motifs is 1. The predicted octanol–water partition coefficient (Wildman–Crippen LogP) is 2.56. The molecule has 1 amide bonds. The van der Waals surface area contributed by atoms with Crippen LogP contribution in [0.25, 0.3) is 11.1 Å². The normalized spacial score (nSPS) is 10.7. The number of nitrogens with zero attached hydrogens (tertiary/aromatic N) is 1. The molecule has 3 aromatic rings. The first-order valence-electron chi connectivity index (χ1n) is 7.16. The van der Waals surface area contributed by atoms with Gasteiger partial charge in [-0.15, -0.1) is 0 Å². The van der Waals surface area contributed by atoms with Crippen LogP contribution in [0.2, 0.25) is 0 Å². The van der Waals surface area contributed by atoms with E-state index in [1.807, 2.05) is 30.3 Å². The van der Waals surface area contributed by atoms with Crippen LogP contribution < -0.4 is 11.1 Å². The monoisotopic (exact) mass is 312 g/mol. The van der Waals surface area contributed by atoms with Crippen molar-refractivity contribution in [3.63, 3.8) is 0 Å². The van der Waals surface area contributed by atoms with Crippen LogP contribution in [0, 0.1) is 0 Å². The Morgan fingerprint density at radius 3 is 2.74 bits per heavy atom. The highest BCUT2D eigenvalue weighted by Gasteiger charge is 2.08. The lowest BCUT2D eigenvalue weighted by molar-refractivity contribution is 0.139. The van der Waals surface area contributed by atoms with Crippen molar-refractivity contribution in [2.45, 2.75) is 13.2 Å². The number of hydrogen-bond acceptors (Lipinski definition) is 4. The van der Waals surface area contributed by atoms with Crippen molar-refractivity contribution < 1.29 is 13.9 Å². The van der Waals surface area contributed by atoms with E-state index in [0.29, 0.717) is 17.6 Å². The van der Waals surface area contributed by atoms with Crippen LogP contribution in [0.3, 0.4) is 0 Å². The van der Waals surface area contributed by atoms with Gasteiger partial charge in [0.1, 0.15) is 6.61 Å². The molecule has 118 valence electrons. The Bertz CT molecular complexity index is 880. The summed E-state index contributed by atoms with van der Waals surface area (Å²) in [4.78, 5) is 23.2. The molecule has 3 rings (SSSR count). The number of aryl methyl sites for hydroxylation is 1. The molecule has 0 aliphatic heterocycles. The van der Waals surface area contributed by atoms with E-state index < -0.39 is 11.8 Å². The number of nitrogens with one attached hydrogen (secondary N) is 1. The minimum atomic E-state index is -0.491. The summed E-state index contributed by atoms with van der Waals surface area (Å²) in [5.74, 6) is -0.410. The van der Waals surface area contributed by atoms with E-state index in [0.717, 1.165) is 11.1 Å². The highest BCUT2D eigenvalue weighted by molar-refractivity contribution is 5.74. The van der Waals surface area contributed by atoms with Crippen LogP contribution in [0.1, 0.15) is 11.1 Å². The van der Waals surface area contributed by atoms with E-state index >= 15 is 0 Å². The number of carbonyl (C=O) groups is 1. The molecule has 6 nitrogen and oxygen atoms in total. The minimum Gasteiger partial charge on any atom is -0.445 e. The first-order chi connectivity index (χ1) is 11.1. The molecular formula is C17H16N2O4. The van der Waals surface area contributed by atoms with Gasteiger partial charge in [0.05, 0.1) is 5.52 Å². The molecule has 1 N–H and O–H groups in total. The third-order valence-electron chi connectivity index (χ3n) is 3.51. The fourth-order valence-corrected chi connectivity index (χ4v) is 2.23.